The number of rotatable bonds is 5. The topological polar surface area (TPSA) is 84.5 Å². The van der Waals surface area contributed by atoms with Crippen molar-refractivity contribution in [1.82, 2.24) is 10.6 Å². The van der Waals surface area contributed by atoms with Gasteiger partial charge in [0.2, 0.25) is 0 Å². The first-order valence-corrected chi connectivity index (χ1v) is 9.93. The summed E-state index contributed by atoms with van der Waals surface area (Å²) in [7, 11) is 0. The molecule has 27 heavy (non-hydrogen) atoms. The lowest BCUT2D eigenvalue weighted by molar-refractivity contribution is -0.153. The zero-order valence-electron chi connectivity index (χ0n) is 15.9. The molecule has 0 aliphatic heterocycles. The van der Waals surface area contributed by atoms with E-state index in [-0.39, 0.29) is 12.5 Å². The number of aryl methyl sites for hydroxylation is 2. The van der Waals surface area contributed by atoms with E-state index < -0.39 is 24.0 Å². The summed E-state index contributed by atoms with van der Waals surface area (Å²) in [5, 5.41) is 5.07. The van der Waals surface area contributed by atoms with Crippen molar-refractivity contribution in [3.8, 4) is 0 Å². The summed E-state index contributed by atoms with van der Waals surface area (Å²) in [4.78, 5) is 36.1. The Hall–Kier alpha value is -2.37. The fourth-order valence-electron chi connectivity index (χ4n) is 3.88. The van der Waals surface area contributed by atoms with E-state index in [2.05, 4.69) is 16.7 Å². The lowest BCUT2D eigenvalue weighted by Crippen LogP contribution is -2.48. The van der Waals surface area contributed by atoms with Gasteiger partial charge in [0.1, 0.15) is 0 Å². The van der Waals surface area contributed by atoms with Crippen LogP contribution >= 0.6 is 0 Å². The van der Waals surface area contributed by atoms with E-state index in [9.17, 15) is 14.4 Å². The summed E-state index contributed by atoms with van der Waals surface area (Å²) in [5.41, 5.74) is 3.54. The molecule has 1 atom stereocenters. The molecule has 1 aromatic rings. The van der Waals surface area contributed by atoms with Crippen LogP contribution in [-0.4, -0.2) is 30.1 Å². The first-order valence-electron chi connectivity index (χ1n) is 9.93. The van der Waals surface area contributed by atoms with E-state index >= 15 is 0 Å². The minimum absolute atomic E-state index is 0.115. The van der Waals surface area contributed by atoms with Crippen molar-refractivity contribution in [1.29, 1.82) is 0 Å². The highest BCUT2D eigenvalue weighted by molar-refractivity contribution is 5.97. The predicted molar refractivity (Wildman–Crippen MR) is 101 cm³/mol. The van der Waals surface area contributed by atoms with Crippen molar-refractivity contribution in [3.05, 3.63) is 34.9 Å². The van der Waals surface area contributed by atoms with E-state index in [0.29, 0.717) is 0 Å². The molecule has 1 fully saturated rings. The predicted octanol–water partition coefficient (Wildman–Crippen LogP) is 2.81. The number of nitrogens with one attached hydrogen (secondary N) is 2. The molecule has 6 heteroatoms. The zero-order chi connectivity index (χ0) is 19.2. The summed E-state index contributed by atoms with van der Waals surface area (Å²) in [5.74, 6) is -1.08. The van der Waals surface area contributed by atoms with Gasteiger partial charge in [-0.1, -0.05) is 37.5 Å². The van der Waals surface area contributed by atoms with Crippen LogP contribution in [0.3, 0.4) is 0 Å². The molecule has 0 aromatic heterocycles. The second-order valence-electron chi connectivity index (χ2n) is 7.56. The van der Waals surface area contributed by atoms with Crippen molar-refractivity contribution >= 4 is 17.9 Å². The maximum atomic E-state index is 12.1. The number of amides is 3. The van der Waals surface area contributed by atoms with Crippen molar-refractivity contribution in [2.24, 2.45) is 0 Å². The highest BCUT2D eigenvalue weighted by atomic mass is 16.5. The average molecular weight is 372 g/mol. The highest BCUT2D eigenvalue weighted by Gasteiger charge is 2.22. The molecule has 3 amide bonds. The third kappa shape index (κ3) is 5.55. The Morgan fingerprint density at radius 1 is 1.07 bits per heavy atom. The molecular weight excluding hydrogens is 344 g/mol. The second kappa shape index (κ2) is 9.02. The number of esters is 1. The van der Waals surface area contributed by atoms with Crippen molar-refractivity contribution in [3.63, 3.8) is 0 Å². The lowest BCUT2D eigenvalue weighted by atomic mass is 9.96. The maximum absolute atomic E-state index is 12.1. The van der Waals surface area contributed by atoms with Gasteiger partial charge in [0.05, 0.1) is 6.42 Å². The van der Waals surface area contributed by atoms with Gasteiger partial charge in [-0.05, 0) is 55.7 Å². The van der Waals surface area contributed by atoms with Crippen LogP contribution in [-0.2, 0) is 33.6 Å². The number of carbonyl (C=O) groups is 3. The monoisotopic (exact) mass is 372 g/mol. The quantitative estimate of drug-likeness (QED) is 0.779. The molecule has 0 saturated heterocycles. The van der Waals surface area contributed by atoms with Gasteiger partial charge in [0.25, 0.3) is 5.91 Å². The maximum Gasteiger partial charge on any atom is 0.321 e. The Labute approximate surface area is 160 Å². The van der Waals surface area contributed by atoms with Crippen LogP contribution in [0.15, 0.2) is 18.2 Å². The Balaban J connectivity index is 1.43. The zero-order valence-corrected chi connectivity index (χ0v) is 15.9. The normalized spacial score (nSPS) is 17.7. The fraction of sp³-hybridized carbons (Fsp3) is 0.571. The van der Waals surface area contributed by atoms with Gasteiger partial charge < -0.3 is 10.1 Å². The second-order valence-corrected chi connectivity index (χ2v) is 7.56. The first kappa shape index (κ1) is 19.4. The lowest BCUT2D eigenvalue weighted by Gasteiger charge is -2.23. The van der Waals surface area contributed by atoms with Crippen LogP contribution in [0, 0.1) is 0 Å². The van der Waals surface area contributed by atoms with Gasteiger partial charge in [-0.15, -0.1) is 0 Å². The standard InChI is InChI=1S/C21H28N2O4/c1-14(20(25)23-21(26)22-18-8-3-2-4-9-18)27-19(24)13-15-10-11-16-6-5-7-17(16)12-15/h10-12,14,18H,2-9,13H2,1H3,(H2,22,23,25,26)/t14-/m0/s1. The summed E-state index contributed by atoms with van der Waals surface area (Å²) in [6.45, 7) is 1.48. The third-order valence-electron chi connectivity index (χ3n) is 5.37. The fourth-order valence-corrected chi connectivity index (χ4v) is 3.88. The summed E-state index contributed by atoms with van der Waals surface area (Å²) in [6.07, 6.45) is 7.67. The van der Waals surface area contributed by atoms with Gasteiger partial charge in [-0.25, -0.2) is 4.79 Å². The molecule has 0 radical (unpaired) electrons. The number of benzene rings is 1. The highest BCUT2D eigenvalue weighted by Crippen LogP contribution is 2.23. The molecule has 1 saturated carbocycles. The van der Waals surface area contributed by atoms with Gasteiger partial charge in [0.15, 0.2) is 6.10 Å². The number of hydrogen-bond donors (Lipinski definition) is 2. The SMILES string of the molecule is C[C@H](OC(=O)Cc1ccc2c(c1)CCC2)C(=O)NC(=O)NC1CCCCC1. The molecule has 2 aliphatic rings. The molecule has 3 rings (SSSR count). The Morgan fingerprint density at radius 3 is 2.59 bits per heavy atom. The summed E-state index contributed by atoms with van der Waals surface area (Å²) < 4.78 is 5.20. The third-order valence-corrected chi connectivity index (χ3v) is 5.37. The van der Waals surface area contributed by atoms with Crippen molar-refractivity contribution in [2.45, 2.75) is 76.9 Å². The molecule has 0 heterocycles. The smallest absolute Gasteiger partial charge is 0.321 e. The molecular formula is C21H28N2O4. The van der Waals surface area contributed by atoms with E-state index in [4.69, 9.17) is 4.74 Å². The average Bonchev–Trinajstić information content (AvgIpc) is 3.10. The number of urea groups is 1. The molecule has 0 spiro atoms. The number of ether oxygens (including phenoxy) is 1. The van der Waals surface area contributed by atoms with Crippen LogP contribution < -0.4 is 10.6 Å². The number of imide groups is 1. The van der Waals surface area contributed by atoms with Gasteiger partial charge in [-0.3, -0.25) is 14.9 Å². The van der Waals surface area contributed by atoms with Gasteiger partial charge in [0, 0.05) is 6.04 Å². The Bertz CT molecular complexity index is 710. The molecule has 0 unspecified atom stereocenters. The molecule has 1 aromatic carbocycles. The van der Waals surface area contributed by atoms with Gasteiger partial charge in [-0.2, -0.15) is 0 Å². The van der Waals surface area contributed by atoms with Crippen LogP contribution in [0.25, 0.3) is 0 Å². The van der Waals surface area contributed by atoms with Crippen LogP contribution in [0.2, 0.25) is 0 Å². The van der Waals surface area contributed by atoms with E-state index in [1.807, 2.05) is 12.1 Å². The molecule has 2 N–H and O–H groups in total. The minimum Gasteiger partial charge on any atom is -0.452 e. The van der Waals surface area contributed by atoms with E-state index in [1.54, 1.807) is 0 Å². The summed E-state index contributed by atoms with van der Waals surface area (Å²) in [6, 6.07) is 5.65. The van der Waals surface area contributed by atoms with Crippen LogP contribution in [0.4, 0.5) is 4.79 Å². The Morgan fingerprint density at radius 2 is 1.81 bits per heavy atom. The van der Waals surface area contributed by atoms with Crippen LogP contribution in [0.1, 0.15) is 62.1 Å². The van der Waals surface area contributed by atoms with Crippen LogP contribution in [0.5, 0.6) is 0 Å². The first-order chi connectivity index (χ1) is 13.0. The van der Waals surface area contributed by atoms with Crippen molar-refractivity contribution in [2.75, 3.05) is 0 Å². The molecule has 2 aliphatic carbocycles. The molecule has 146 valence electrons. The minimum atomic E-state index is -1.01. The summed E-state index contributed by atoms with van der Waals surface area (Å²) >= 11 is 0. The van der Waals surface area contributed by atoms with Crippen molar-refractivity contribution < 1.29 is 19.1 Å². The van der Waals surface area contributed by atoms with Gasteiger partial charge >= 0.3 is 12.0 Å². The Kier molecular flexibility index (Phi) is 6.48. The number of carbonyl (C=O) groups excluding carboxylic acids is 3. The molecule has 6 nitrogen and oxygen atoms in total. The largest absolute Gasteiger partial charge is 0.452 e. The molecule has 0 bridgehead atoms. The van der Waals surface area contributed by atoms with E-state index in [1.165, 1.54) is 24.5 Å². The number of hydrogen-bond acceptors (Lipinski definition) is 4. The van der Waals surface area contributed by atoms with E-state index in [0.717, 1.165) is 50.5 Å². The number of fused-ring (bicyclic) bond motifs is 1.